The predicted molar refractivity (Wildman–Crippen MR) is 80.4 cm³/mol. The van der Waals surface area contributed by atoms with Crippen molar-refractivity contribution in [3.05, 3.63) is 0 Å². The molecule has 0 N–H and O–H groups in total. The van der Waals surface area contributed by atoms with Gasteiger partial charge in [0.2, 0.25) is 5.91 Å². The molecule has 3 heteroatoms. The van der Waals surface area contributed by atoms with E-state index >= 15 is 0 Å². The number of nitrogens with zero attached hydrogens (tertiary/aromatic N) is 1. The summed E-state index contributed by atoms with van der Waals surface area (Å²) >= 11 is 6.15. The Morgan fingerprint density at radius 3 is 2.21 bits per heavy atom. The second-order valence-corrected chi connectivity index (χ2v) is 7.15. The van der Waals surface area contributed by atoms with Gasteiger partial charge in [0, 0.05) is 24.9 Å². The van der Waals surface area contributed by atoms with Gasteiger partial charge in [0.1, 0.15) is 0 Å². The van der Waals surface area contributed by atoms with Crippen LogP contribution in [0, 0.1) is 11.8 Å². The number of carbonyl (C=O) groups is 1. The summed E-state index contributed by atoms with van der Waals surface area (Å²) in [4.78, 5) is 14.4. The van der Waals surface area contributed by atoms with Gasteiger partial charge in [0.15, 0.2) is 0 Å². The van der Waals surface area contributed by atoms with Crippen LogP contribution in [-0.4, -0.2) is 29.3 Å². The SMILES string of the molecule is CC(Cl)C1CCN(C(=O)CC2CCCCCC2)CC1. The summed E-state index contributed by atoms with van der Waals surface area (Å²) in [7, 11) is 0. The molecule has 19 heavy (non-hydrogen) atoms. The average Bonchev–Trinajstić information content (AvgIpc) is 2.67. The number of halogens is 1. The Hall–Kier alpha value is -0.240. The van der Waals surface area contributed by atoms with Crippen molar-refractivity contribution < 1.29 is 4.79 Å². The van der Waals surface area contributed by atoms with Crippen LogP contribution in [0.1, 0.15) is 64.7 Å². The fraction of sp³-hybridized carbons (Fsp3) is 0.938. The van der Waals surface area contributed by atoms with Crippen LogP contribution in [0.5, 0.6) is 0 Å². The first-order chi connectivity index (χ1) is 9.16. The molecule has 1 saturated carbocycles. The van der Waals surface area contributed by atoms with E-state index in [9.17, 15) is 4.79 Å². The second-order valence-electron chi connectivity index (χ2n) is 6.46. The summed E-state index contributed by atoms with van der Waals surface area (Å²) in [6, 6.07) is 0. The van der Waals surface area contributed by atoms with E-state index in [0.717, 1.165) is 32.4 Å². The highest BCUT2D eigenvalue weighted by Gasteiger charge is 2.26. The number of amides is 1. The van der Waals surface area contributed by atoms with E-state index < -0.39 is 0 Å². The summed E-state index contributed by atoms with van der Waals surface area (Å²) in [6.45, 7) is 3.93. The molecule has 0 spiro atoms. The third-order valence-corrected chi connectivity index (χ3v) is 5.34. The molecule has 1 unspecified atom stereocenters. The summed E-state index contributed by atoms with van der Waals surface area (Å²) in [5.74, 6) is 1.65. The zero-order chi connectivity index (χ0) is 13.7. The average molecular weight is 286 g/mol. The molecule has 110 valence electrons. The van der Waals surface area contributed by atoms with Crippen molar-refractivity contribution in [3.8, 4) is 0 Å². The van der Waals surface area contributed by atoms with Gasteiger partial charge in [-0.05, 0) is 44.4 Å². The first kappa shape index (κ1) is 15.2. The molecule has 1 amide bonds. The first-order valence-electron chi connectivity index (χ1n) is 8.08. The highest BCUT2D eigenvalue weighted by atomic mass is 35.5. The lowest BCUT2D eigenvalue weighted by Gasteiger charge is -2.34. The molecule has 1 heterocycles. The summed E-state index contributed by atoms with van der Waals surface area (Å²) in [5.41, 5.74) is 0. The predicted octanol–water partition coefficient (Wildman–Crippen LogP) is 4.21. The molecule has 0 radical (unpaired) electrons. The minimum absolute atomic E-state index is 0.249. The van der Waals surface area contributed by atoms with Crippen LogP contribution < -0.4 is 0 Å². The molecule has 0 bridgehead atoms. The largest absolute Gasteiger partial charge is 0.343 e. The van der Waals surface area contributed by atoms with Gasteiger partial charge in [-0.25, -0.2) is 0 Å². The van der Waals surface area contributed by atoms with Crippen LogP contribution >= 0.6 is 11.6 Å². The van der Waals surface area contributed by atoms with Gasteiger partial charge >= 0.3 is 0 Å². The number of likely N-dealkylation sites (tertiary alicyclic amines) is 1. The van der Waals surface area contributed by atoms with E-state index in [-0.39, 0.29) is 5.38 Å². The molecule has 1 saturated heterocycles. The first-order valence-corrected chi connectivity index (χ1v) is 8.52. The molecule has 2 nitrogen and oxygen atoms in total. The molecule has 1 aliphatic heterocycles. The highest BCUT2D eigenvalue weighted by Crippen LogP contribution is 2.28. The molecule has 0 aromatic heterocycles. The Kier molecular flexibility index (Phi) is 6.00. The zero-order valence-corrected chi connectivity index (χ0v) is 13.0. The second kappa shape index (κ2) is 7.52. The van der Waals surface area contributed by atoms with Crippen molar-refractivity contribution >= 4 is 17.5 Å². The topological polar surface area (TPSA) is 20.3 Å². The maximum Gasteiger partial charge on any atom is 0.222 e. The lowest BCUT2D eigenvalue weighted by Crippen LogP contribution is -2.40. The molecule has 1 aliphatic carbocycles. The highest BCUT2D eigenvalue weighted by molar-refractivity contribution is 6.20. The molecular weight excluding hydrogens is 258 g/mol. The molecule has 2 rings (SSSR count). The fourth-order valence-electron chi connectivity index (χ4n) is 3.55. The van der Waals surface area contributed by atoms with Gasteiger partial charge in [-0.15, -0.1) is 11.6 Å². The Morgan fingerprint density at radius 2 is 1.68 bits per heavy atom. The number of carbonyl (C=O) groups excluding carboxylic acids is 1. The minimum Gasteiger partial charge on any atom is -0.343 e. The fourth-order valence-corrected chi connectivity index (χ4v) is 3.80. The van der Waals surface area contributed by atoms with Crippen LogP contribution in [-0.2, 0) is 4.79 Å². The van der Waals surface area contributed by atoms with E-state index in [2.05, 4.69) is 11.8 Å². The van der Waals surface area contributed by atoms with Crippen molar-refractivity contribution in [1.29, 1.82) is 0 Å². The molecule has 1 atom stereocenters. The van der Waals surface area contributed by atoms with Crippen molar-refractivity contribution in [2.45, 2.75) is 70.1 Å². The molecule has 0 aromatic rings. The monoisotopic (exact) mass is 285 g/mol. The zero-order valence-electron chi connectivity index (χ0n) is 12.2. The molecule has 2 fully saturated rings. The smallest absolute Gasteiger partial charge is 0.222 e. The van der Waals surface area contributed by atoms with Crippen LogP contribution in [0.15, 0.2) is 0 Å². The van der Waals surface area contributed by atoms with Crippen LogP contribution in [0.2, 0.25) is 0 Å². The molecule has 2 aliphatic rings. The quantitative estimate of drug-likeness (QED) is 0.562. The minimum atomic E-state index is 0.249. The van der Waals surface area contributed by atoms with Gasteiger partial charge in [0.05, 0.1) is 0 Å². The Morgan fingerprint density at radius 1 is 1.11 bits per heavy atom. The normalized spacial score (nSPS) is 25.1. The number of hydrogen-bond acceptors (Lipinski definition) is 1. The van der Waals surface area contributed by atoms with E-state index in [1.165, 1.54) is 38.5 Å². The Balaban J connectivity index is 1.74. The third kappa shape index (κ3) is 4.66. The van der Waals surface area contributed by atoms with Crippen LogP contribution in [0.4, 0.5) is 0 Å². The standard InChI is InChI=1S/C16H28ClNO/c1-13(17)15-8-10-18(11-9-15)16(19)12-14-6-4-2-3-5-7-14/h13-15H,2-12H2,1H3. The maximum atomic E-state index is 12.3. The van der Waals surface area contributed by atoms with Crippen LogP contribution in [0.25, 0.3) is 0 Å². The van der Waals surface area contributed by atoms with Crippen molar-refractivity contribution in [2.75, 3.05) is 13.1 Å². The van der Waals surface area contributed by atoms with Gasteiger partial charge in [-0.1, -0.05) is 25.7 Å². The Bertz CT molecular complexity index is 276. The third-order valence-electron chi connectivity index (χ3n) is 4.98. The number of alkyl halides is 1. The Labute approximate surface area is 122 Å². The number of hydrogen-bond donors (Lipinski definition) is 0. The molecule has 0 aromatic carbocycles. The maximum absolute atomic E-state index is 12.3. The van der Waals surface area contributed by atoms with Crippen molar-refractivity contribution in [2.24, 2.45) is 11.8 Å². The van der Waals surface area contributed by atoms with Gasteiger partial charge in [0.25, 0.3) is 0 Å². The summed E-state index contributed by atoms with van der Waals surface area (Å²) in [6.07, 6.45) is 10.9. The van der Waals surface area contributed by atoms with Crippen molar-refractivity contribution in [3.63, 3.8) is 0 Å². The van der Waals surface area contributed by atoms with Gasteiger partial charge in [-0.2, -0.15) is 0 Å². The molecular formula is C16H28ClNO. The van der Waals surface area contributed by atoms with E-state index in [1.54, 1.807) is 0 Å². The van der Waals surface area contributed by atoms with E-state index in [0.29, 0.717) is 17.7 Å². The van der Waals surface area contributed by atoms with E-state index in [1.807, 2.05) is 0 Å². The lowest BCUT2D eigenvalue weighted by atomic mass is 9.92. The van der Waals surface area contributed by atoms with Crippen LogP contribution in [0.3, 0.4) is 0 Å². The van der Waals surface area contributed by atoms with E-state index in [4.69, 9.17) is 11.6 Å². The van der Waals surface area contributed by atoms with Gasteiger partial charge in [-0.3, -0.25) is 4.79 Å². The number of piperidine rings is 1. The number of rotatable bonds is 3. The lowest BCUT2D eigenvalue weighted by molar-refractivity contribution is -0.133. The summed E-state index contributed by atoms with van der Waals surface area (Å²) in [5, 5.41) is 0.249. The van der Waals surface area contributed by atoms with Gasteiger partial charge < -0.3 is 4.90 Å². The summed E-state index contributed by atoms with van der Waals surface area (Å²) < 4.78 is 0. The van der Waals surface area contributed by atoms with Crippen molar-refractivity contribution in [1.82, 2.24) is 4.90 Å².